The molecule has 0 radical (unpaired) electrons. The molecule has 0 unspecified atom stereocenters. The molecule has 0 aliphatic carbocycles. The zero-order chi connectivity index (χ0) is 10.9. The Balaban J connectivity index is 2.02. The van der Waals surface area contributed by atoms with E-state index in [1.807, 2.05) is 0 Å². The van der Waals surface area contributed by atoms with Gasteiger partial charge in [0, 0.05) is 32.7 Å². The Bertz CT molecular complexity index is 197. The molecule has 0 amide bonds. The van der Waals surface area contributed by atoms with Crippen LogP contribution in [0.15, 0.2) is 0 Å². The number of ether oxygens (including phenoxy) is 1. The van der Waals surface area contributed by atoms with E-state index in [1.165, 1.54) is 0 Å². The third kappa shape index (κ3) is 5.09. The number of hydrogen-bond donors (Lipinski definition) is 1. The molecule has 0 atom stereocenters. The summed E-state index contributed by atoms with van der Waals surface area (Å²) in [6.07, 6.45) is 0. The molecule has 0 aromatic rings. The SMILES string of the molecule is N#CCN1CCN(CCOCCO)CC1. The van der Waals surface area contributed by atoms with Crippen LogP contribution in [-0.4, -0.2) is 74.0 Å². The fourth-order valence-electron chi connectivity index (χ4n) is 1.63. The van der Waals surface area contributed by atoms with Gasteiger partial charge in [0.1, 0.15) is 0 Å². The van der Waals surface area contributed by atoms with Crippen LogP contribution in [0.1, 0.15) is 0 Å². The molecule has 5 nitrogen and oxygen atoms in total. The van der Waals surface area contributed by atoms with Gasteiger partial charge in [-0.2, -0.15) is 5.26 Å². The van der Waals surface area contributed by atoms with Gasteiger partial charge in [-0.25, -0.2) is 0 Å². The Kier molecular flexibility index (Phi) is 6.28. The molecule has 1 heterocycles. The predicted octanol–water partition coefficient (Wildman–Crippen LogP) is -0.864. The number of nitriles is 1. The zero-order valence-electron chi connectivity index (χ0n) is 9.06. The highest BCUT2D eigenvalue weighted by atomic mass is 16.5. The minimum Gasteiger partial charge on any atom is -0.394 e. The summed E-state index contributed by atoms with van der Waals surface area (Å²) in [6, 6.07) is 2.17. The van der Waals surface area contributed by atoms with E-state index in [9.17, 15) is 0 Å². The van der Waals surface area contributed by atoms with Crippen molar-refractivity contribution in [3.05, 3.63) is 0 Å². The molecule has 1 aliphatic rings. The summed E-state index contributed by atoms with van der Waals surface area (Å²) in [5.74, 6) is 0. The molecule has 0 aromatic heterocycles. The number of rotatable bonds is 6. The van der Waals surface area contributed by atoms with Crippen molar-refractivity contribution in [3.63, 3.8) is 0 Å². The number of hydrogen-bond acceptors (Lipinski definition) is 5. The van der Waals surface area contributed by atoms with Gasteiger partial charge in [-0.05, 0) is 0 Å². The lowest BCUT2D eigenvalue weighted by molar-refractivity contribution is 0.0596. The van der Waals surface area contributed by atoms with Crippen molar-refractivity contribution < 1.29 is 9.84 Å². The van der Waals surface area contributed by atoms with Crippen LogP contribution in [0.5, 0.6) is 0 Å². The second-order valence-corrected chi connectivity index (χ2v) is 3.61. The van der Waals surface area contributed by atoms with Crippen LogP contribution >= 0.6 is 0 Å². The molecule has 0 aromatic carbocycles. The molecule has 0 bridgehead atoms. The average molecular weight is 213 g/mol. The molecule has 0 spiro atoms. The maximum atomic E-state index is 8.54. The first-order valence-electron chi connectivity index (χ1n) is 5.37. The fraction of sp³-hybridized carbons (Fsp3) is 0.900. The predicted molar refractivity (Wildman–Crippen MR) is 56.4 cm³/mol. The minimum absolute atomic E-state index is 0.0932. The van der Waals surface area contributed by atoms with Crippen molar-refractivity contribution in [2.45, 2.75) is 0 Å². The highest BCUT2D eigenvalue weighted by molar-refractivity contribution is 4.80. The third-order valence-electron chi connectivity index (χ3n) is 2.55. The highest BCUT2D eigenvalue weighted by Crippen LogP contribution is 2.00. The van der Waals surface area contributed by atoms with E-state index in [1.54, 1.807) is 0 Å². The summed E-state index contributed by atoms with van der Waals surface area (Å²) in [7, 11) is 0. The smallest absolute Gasteiger partial charge is 0.0866 e. The largest absolute Gasteiger partial charge is 0.394 e. The fourth-order valence-corrected chi connectivity index (χ4v) is 1.63. The first-order chi connectivity index (χ1) is 7.36. The Morgan fingerprint density at radius 2 is 1.80 bits per heavy atom. The second kappa shape index (κ2) is 7.60. The van der Waals surface area contributed by atoms with Gasteiger partial charge in [-0.3, -0.25) is 9.80 Å². The highest BCUT2D eigenvalue weighted by Gasteiger charge is 2.15. The molecule has 0 saturated carbocycles. The number of piperazine rings is 1. The van der Waals surface area contributed by atoms with Gasteiger partial charge in [0.25, 0.3) is 0 Å². The van der Waals surface area contributed by atoms with Gasteiger partial charge in [0.05, 0.1) is 32.4 Å². The van der Waals surface area contributed by atoms with Crippen LogP contribution in [0.25, 0.3) is 0 Å². The lowest BCUT2D eigenvalue weighted by Crippen LogP contribution is -2.47. The molecule has 15 heavy (non-hydrogen) atoms. The Morgan fingerprint density at radius 3 is 2.40 bits per heavy atom. The average Bonchev–Trinajstić information content (AvgIpc) is 2.27. The van der Waals surface area contributed by atoms with E-state index in [2.05, 4.69) is 15.9 Å². The quantitative estimate of drug-likeness (QED) is 0.459. The molecule has 1 rings (SSSR count). The van der Waals surface area contributed by atoms with Crippen LogP contribution in [0.2, 0.25) is 0 Å². The van der Waals surface area contributed by atoms with Crippen LogP contribution in [-0.2, 0) is 4.74 Å². The van der Waals surface area contributed by atoms with Crippen LogP contribution in [0.4, 0.5) is 0 Å². The van der Waals surface area contributed by atoms with Crippen molar-refractivity contribution in [1.29, 1.82) is 5.26 Å². The third-order valence-corrected chi connectivity index (χ3v) is 2.55. The standard InChI is InChI=1S/C10H19N3O2/c11-1-2-12-3-5-13(6-4-12)7-9-15-10-8-14/h14H,2-10H2. The molecule has 1 aliphatic heterocycles. The summed E-state index contributed by atoms with van der Waals surface area (Å²) in [6.45, 7) is 6.59. The first-order valence-corrected chi connectivity index (χ1v) is 5.37. The maximum absolute atomic E-state index is 8.54. The molecule has 86 valence electrons. The van der Waals surface area contributed by atoms with Gasteiger partial charge in [0.15, 0.2) is 0 Å². The number of aliphatic hydroxyl groups excluding tert-OH is 1. The lowest BCUT2D eigenvalue weighted by Gasteiger charge is -2.33. The van der Waals surface area contributed by atoms with Crippen molar-refractivity contribution in [1.82, 2.24) is 9.80 Å². The van der Waals surface area contributed by atoms with E-state index in [-0.39, 0.29) is 6.61 Å². The number of nitrogens with zero attached hydrogens (tertiary/aromatic N) is 3. The normalized spacial score (nSPS) is 18.9. The Labute approximate surface area is 90.8 Å². The summed E-state index contributed by atoms with van der Waals surface area (Å²) >= 11 is 0. The topological polar surface area (TPSA) is 59.7 Å². The van der Waals surface area contributed by atoms with E-state index < -0.39 is 0 Å². The molecule has 1 fully saturated rings. The van der Waals surface area contributed by atoms with Gasteiger partial charge in [0.2, 0.25) is 0 Å². The van der Waals surface area contributed by atoms with Gasteiger partial charge in [-0.1, -0.05) is 0 Å². The van der Waals surface area contributed by atoms with E-state index in [0.29, 0.717) is 19.8 Å². The van der Waals surface area contributed by atoms with Gasteiger partial charge in [-0.15, -0.1) is 0 Å². The first kappa shape index (κ1) is 12.4. The van der Waals surface area contributed by atoms with Crippen molar-refractivity contribution in [2.24, 2.45) is 0 Å². The van der Waals surface area contributed by atoms with Gasteiger partial charge < -0.3 is 9.84 Å². The Hall–Kier alpha value is -0.670. The van der Waals surface area contributed by atoms with Crippen molar-refractivity contribution >= 4 is 0 Å². The summed E-state index contributed by atoms with van der Waals surface area (Å²) in [4.78, 5) is 4.48. The summed E-state index contributed by atoms with van der Waals surface area (Å²) in [5, 5.41) is 17.1. The maximum Gasteiger partial charge on any atom is 0.0866 e. The monoisotopic (exact) mass is 213 g/mol. The van der Waals surface area contributed by atoms with Crippen LogP contribution < -0.4 is 0 Å². The molecular formula is C10H19N3O2. The summed E-state index contributed by atoms with van der Waals surface area (Å²) in [5.41, 5.74) is 0. The molecular weight excluding hydrogens is 194 g/mol. The zero-order valence-corrected chi connectivity index (χ0v) is 9.06. The van der Waals surface area contributed by atoms with Gasteiger partial charge >= 0.3 is 0 Å². The van der Waals surface area contributed by atoms with E-state index >= 15 is 0 Å². The van der Waals surface area contributed by atoms with Crippen LogP contribution in [0.3, 0.4) is 0 Å². The minimum atomic E-state index is 0.0932. The molecule has 1 N–H and O–H groups in total. The van der Waals surface area contributed by atoms with E-state index in [4.69, 9.17) is 15.1 Å². The molecule has 5 heteroatoms. The molecule has 1 saturated heterocycles. The van der Waals surface area contributed by atoms with E-state index in [0.717, 1.165) is 32.7 Å². The van der Waals surface area contributed by atoms with Crippen molar-refractivity contribution in [3.8, 4) is 6.07 Å². The Morgan fingerprint density at radius 1 is 1.13 bits per heavy atom. The lowest BCUT2D eigenvalue weighted by atomic mass is 10.3. The second-order valence-electron chi connectivity index (χ2n) is 3.61. The van der Waals surface area contributed by atoms with Crippen molar-refractivity contribution in [2.75, 3.05) is 59.1 Å². The number of aliphatic hydroxyl groups is 1. The van der Waals surface area contributed by atoms with Crippen LogP contribution in [0, 0.1) is 11.3 Å². The summed E-state index contributed by atoms with van der Waals surface area (Å²) < 4.78 is 5.20.